The largest absolute Gasteiger partial charge is 0.493 e. The number of benzene rings is 2. The van der Waals surface area contributed by atoms with E-state index in [2.05, 4.69) is 15.9 Å². The van der Waals surface area contributed by atoms with Gasteiger partial charge in [0.15, 0.2) is 5.78 Å². The van der Waals surface area contributed by atoms with E-state index < -0.39 is 0 Å². The first-order chi connectivity index (χ1) is 9.13. The van der Waals surface area contributed by atoms with E-state index in [0.29, 0.717) is 23.5 Å². The Bertz CT molecular complexity index is 605. The summed E-state index contributed by atoms with van der Waals surface area (Å²) in [5, 5.41) is 0. The summed E-state index contributed by atoms with van der Waals surface area (Å²) in [5.74, 6) is 0.622. The molecule has 0 N–H and O–H groups in total. The van der Waals surface area contributed by atoms with Gasteiger partial charge in [-0.3, -0.25) is 4.79 Å². The first-order valence-corrected chi connectivity index (χ1v) is 6.95. The van der Waals surface area contributed by atoms with Gasteiger partial charge in [0.25, 0.3) is 0 Å². The van der Waals surface area contributed by atoms with E-state index in [-0.39, 0.29) is 5.78 Å². The molecule has 0 unspecified atom stereocenters. The van der Waals surface area contributed by atoms with Crippen molar-refractivity contribution in [3.05, 3.63) is 63.6 Å². The molecule has 0 bridgehead atoms. The van der Waals surface area contributed by atoms with Crippen molar-refractivity contribution in [3.8, 4) is 5.75 Å². The summed E-state index contributed by atoms with van der Waals surface area (Å²) in [6.45, 7) is 4.39. The van der Waals surface area contributed by atoms with Crippen LogP contribution in [0.15, 0.2) is 46.9 Å². The molecule has 3 heteroatoms. The molecule has 0 saturated heterocycles. The van der Waals surface area contributed by atoms with Crippen molar-refractivity contribution >= 4 is 21.7 Å². The molecule has 98 valence electrons. The fourth-order valence-corrected chi connectivity index (χ4v) is 2.28. The van der Waals surface area contributed by atoms with Crippen LogP contribution >= 0.6 is 15.9 Å². The molecule has 0 aliphatic heterocycles. The topological polar surface area (TPSA) is 26.3 Å². The lowest BCUT2D eigenvalue weighted by Crippen LogP contribution is -2.07. The minimum Gasteiger partial charge on any atom is -0.493 e. The Morgan fingerprint density at radius 1 is 1.16 bits per heavy atom. The van der Waals surface area contributed by atoms with E-state index in [1.54, 1.807) is 6.07 Å². The lowest BCUT2D eigenvalue weighted by Gasteiger charge is -2.10. The molecule has 0 aliphatic rings. The van der Waals surface area contributed by atoms with Crippen LogP contribution in [-0.4, -0.2) is 12.4 Å². The Labute approximate surface area is 121 Å². The van der Waals surface area contributed by atoms with Crippen LogP contribution in [0.1, 0.15) is 28.4 Å². The van der Waals surface area contributed by atoms with E-state index in [4.69, 9.17) is 4.74 Å². The Morgan fingerprint density at radius 2 is 1.89 bits per heavy atom. The van der Waals surface area contributed by atoms with Crippen molar-refractivity contribution in [1.82, 2.24) is 0 Å². The zero-order valence-electron chi connectivity index (χ0n) is 10.9. The maximum atomic E-state index is 12.6. The Balaban J connectivity index is 2.47. The standard InChI is InChI=1S/C16H15BrO2/c1-3-19-15-7-5-4-6-13(15)16(18)14-10-12(17)9-8-11(14)2/h4-10H,3H2,1-2H3. The van der Waals surface area contributed by atoms with E-state index in [1.165, 1.54) is 0 Å². The van der Waals surface area contributed by atoms with Gasteiger partial charge < -0.3 is 4.74 Å². The zero-order valence-corrected chi connectivity index (χ0v) is 12.5. The predicted octanol–water partition coefficient (Wildman–Crippen LogP) is 4.39. The monoisotopic (exact) mass is 318 g/mol. The van der Waals surface area contributed by atoms with Gasteiger partial charge in [-0.1, -0.05) is 34.1 Å². The molecule has 0 radical (unpaired) electrons. The summed E-state index contributed by atoms with van der Waals surface area (Å²) in [7, 11) is 0. The van der Waals surface area contributed by atoms with Gasteiger partial charge in [-0.15, -0.1) is 0 Å². The lowest BCUT2D eigenvalue weighted by molar-refractivity contribution is 0.103. The van der Waals surface area contributed by atoms with Gasteiger partial charge in [0.2, 0.25) is 0 Å². The number of carbonyl (C=O) groups excluding carboxylic acids is 1. The van der Waals surface area contributed by atoms with Crippen molar-refractivity contribution in [2.75, 3.05) is 6.61 Å². The van der Waals surface area contributed by atoms with E-state index in [9.17, 15) is 4.79 Å². The number of para-hydroxylation sites is 1. The van der Waals surface area contributed by atoms with Crippen molar-refractivity contribution in [1.29, 1.82) is 0 Å². The summed E-state index contributed by atoms with van der Waals surface area (Å²) >= 11 is 3.40. The van der Waals surface area contributed by atoms with E-state index in [1.807, 2.05) is 50.2 Å². The zero-order chi connectivity index (χ0) is 13.8. The Morgan fingerprint density at radius 3 is 2.63 bits per heavy atom. The molecule has 0 aliphatic carbocycles. The van der Waals surface area contributed by atoms with Gasteiger partial charge in [0.1, 0.15) is 5.75 Å². The number of hydrogen-bond acceptors (Lipinski definition) is 2. The number of rotatable bonds is 4. The minimum atomic E-state index is -0.0112. The van der Waals surface area contributed by atoms with Crippen LogP contribution in [0.2, 0.25) is 0 Å². The first kappa shape index (κ1) is 13.8. The average Bonchev–Trinajstić information content (AvgIpc) is 2.42. The van der Waals surface area contributed by atoms with Crippen LogP contribution in [0, 0.1) is 6.92 Å². The maximum absolute atomic E-state index is 12.6. The first-order valence-electron chi connectivity index (χ1n) is 6.16. The number of carbonyl (C=O) groups is 1. The summed E-state index contributed by atoms with van der Waals surface area (Å²) < 4.78 is 6.42. The molecule has 2 aromatic rings. The third-order valence-corrected chi connectivity index (χ3v) is 3.37. The molecular formula is C16H15BrO2. The van der Waals surface area contributed by atoms with Crippen LogP contribution in [0.25, 0.3) is 0 Å². The van der Waals surface area contributed by atoms with Crippen LogP contribution in [-0.2, 0) is 0 Å². The van der Waals surface area contributed by atoms with Crippen molar-refractivity contribution < 1.29 is 9.53 Å². The van der Waals surface area contributed by atoms with E-state index in [0.717, 1.165) is 10.0 Å². The molecule has 2 aromatic carbocycles. The number of halogens is 1. The van der Waals surface area contributed by atoms with Crippen LogP contribution in [0.5, 0.6) is 5.75 Å². The van der Waals surface area contributed by atoms with Gasteiger partial charge >= 0.3 is 0 Å². The second-order valence-electron chi connectivity index (χ2n) is 4.22. The van der Waals surface area contributed by atoms with Crippen molar-refractivity contribution in [3.63, 3.8) is 0 Å². The highest BCUT2D eigenvalue weighted by atomic mass is 79.9. The highest BCUT2D eigenvalue weighted by Crippen LogP contribution is 2.24. The molecule has 19 heavy (non-hydrogen) atoms. The number of ether oxygens (including phenoxy) is 1. The Hall–Kier alpha value is -1.61. The number of aryl methyl sites for hydroxylation is 1. The number of hydrogen-bond donors (Lipinski definition) is 0. The molecule has 0 aromatic heterocycles. The van der Waals surface area contributed by atoms with Crippen molar-refractivity contribution in [2.24, 2.45) is 0 Å². The molecule has 0 amide bonds. The highest BCUT2D eigenvalue weighted by Gasteiger charge is 2.16. The minimum absolute atomic E-state index is 0.0112. The second-order valence-corrected chi connectivity index (χ2v) is 5.13. The summed E-state index contributed by atoms with van der Waals surface area (Å²) in [6, 6.07) is 13.1. The highest BCUT2D eigenvalue weighted by molar-refractivity contribution is 9.10. The van der Waals surface area contributed by atoms with Crippen LogP contribution < -0.4 is 4.74 Å². The van der Waals surface area contributed by atoms with E-state index >= 15 is 0 Å². The summed E-state index contributed by atoms with van der Waals surface area (Å²) in [5.41, 5.74) is 2.26. The van der Waals surface area contributed by atoms with Crippen LogP contribution in [0.4, 0.5) is 0 Å². The van der Waals surface area contributed by atoms with Gasteiger partial charge in [-0.05, 0) is 43.7 Å². The number of ketones is 1. The normalized spacial score (nSPS) is 10.3. The van der Waals surface area contributed by atoms with Gasteiger partial charge in [-0.25, -0.2) is 0 Å². The third kappa shape index (κ3) is 3.04. The molecule has 0 atom stereocenters. The third-order valence-electron chi connectivity index (χ3n) is 2.88. The van der Waals surface area contributed by atoms with Crippen LogP contribution in [0.3, 0.4) is 0 Å². The van der Waals surface area contributed by atoms with Crippen molar-refractivity contribution in [2.45, 2.75) is 13.8 Å². The Kier molecular flexibility index (Phi) is 4.38. The average molecular weight is 319 g/mol. The molecule has 0 fully saturated rings. The summed E-state index contributed by atoms with van der Waals surface area (Å²) in [4.78, 5) is 12.6. The van der Waals surface area contributed by atoms with Gasteiger partial charge in [0.05, 0.1) is 12.2 Å². The quantitative estimate of drug-likeness (QED) is 0.782. The van der Waals surface area contributed by atoms with Gasteiger partial charge in [-0.2, -0.15) is 0 Å². The fourth-order valence-electron chi connectivity index (χ4n) is 1.92. The lowest BCUT2D eigenvalue weighted by atomic mass is 9.98. The second kappa shape index (κ2) is 6.02. The molecule has 2 rings (SSSR count). The molecule has 0 heterocycles. The molecule has 2 nitrogen and oxygen atoms in total. The fraction of sp³-hybridized carbons (Fsp3) is 0.188. The molecule has 0 saturated carbocycles. The van der Waals surface area contributed by atoms with Gasteiger partial charge in [0, 0.05) is 10.0 Å². The SMILES string of the molecule is CCOc1ccccc1C(=O)c1cc(Br)ccc1C. The predicted molar refractivity (Wildman–Crippen MR) is 79.9 cm³/mol. The molecule has 0 spiro atoms. The smallest absolute Gasteiger partial charge is 0.197 e. The summed E-state index contributed by atoms with van der Waals surface area (Å²) in [6.07, 6.45) is 0. The molecular weight excluding hydrogens is 304 g/mol. The maximum Gasteiger partial charge on any atom is 0.197 e.